The van der Waals surface area contributed by atoms with Gasteiger partial charge >= 0.3 is 0 Å². The van der Waals surface area contributed by atoms with Crippen LogP contribution in [0.3, 0.4) is 0 Å². The topological polar surface area (TPSA) is 48.0 Å². The van der Waals surface area contributed by atoms with Crippen LogP contribution < -0.4 is 0 Å². The lowest BCUT2D eigenvalue weighted by atomic mass is 10.00. The highest BCUT2D eigenvalue weighted by Gasteiger charge is 2.13. The molecule has 0 saturated heterocycles. The summed E-state index contributed by atoms with van der Waals surface area (Å²) >= 11 is 0. The van der Waals surface area contributed by atoms with Crippen LogP contribution in [0.2, 0.25) is 0 Å². The second-order valence-electron chi connectivity index (χ2n) is 12.7. The molecule has 0 unspecified atom stereocenters. The Morgan fingerprint density at radius 1 is 0.490 bits per heavy atom. The van der Waals surface area contributed by atoms with Crippen molar-refractivity contribution in [1.82, 2.24) is 19.1 Å². The minimum absolute atomic E-state index is 0.903. The SMILES string of the molecule is C=N/C=C\C.c1ccc2c(c1)c1cnccc1n2-c1ccc(Cc2ccc(Cc3ccc(-n4c5ccccc5c5cnccc54)cc3)cc2)cc1. The smallest absolute Gasteiger partial charge is 0.0571 e. The first-order chi connectivity index (χ1) is 25.2. The summed E-state index contributed by atoms with van der Waals surface area (Å²) in [4.78, 5) is 12.2. The number of hydrogen-bond acceptors (Lipinski definition) is 3. The van der Waals surface area contributed by atoms with E-state index in [4.69, 9.17) is 0 Å². The van der Waals surface area contributed by atoms with Crippen LogP contribution in [0.25, 0.3) is 55.0 Å². The number of hydrogen-bond donors (Lipinski definition) is 0. The van der Waals surface area contributed by atoms with E-state index in [1.54, 1.807) is 6.20 Å². The summed E-state index contributed by atoms with van der Waals surface area (Å²) in [5, 5.41) is 4.82. The number of benzene rings is 5. The lowest BCUT2D eigenvalue weighted by Crippen LogP contribution is -1.96. The fourth-order valence-corrected chi connectivity index (χ4v) is 7.07. The van der Waals surface area contributed by atoms with Crippen LogP contribution in [-0.4, -0.2) is 25.8 Å². The average Bonchev–Trinajstić information content (AvgIpc) is 3.70. The number of rotatable bonds is 7. The molecule has 5 aromatic carbocycles. The fraction of sp³-hybridized carbons (Fsp3) is 0.0652. The second kappa shape index (κ2) is 14.1. The largest absolute Gasteiger partial charge is 0.309 e. The van der Waals surface area contributed by atoms with Crippen LogP contribution in [0.4, 0.5) is 0 Å². The van der Waals surface area contributed by atoms with Gasteiger partial charge in [-0.25, -0.2) is 0 Å². The predicted octanol–water partition coefficient (Wildman–Crippen LogP) is 11.1. The van der Waals surface area contributed by atoms with E-state index in [-0.39, 0.29) is 0 Å². The zero-order chi connectivity index (χ0) is 34.6. The molecule has 246 valence electrons. The van der Waals surface area contributed by atoms with Crippen molar-refractivity contribution in [3.05, 3.63) is 193 Å². The van der Waals surface area contributed by atoms with E-state index in [2.05, 4.69) is 164 Å². The number of fused-ring (bicyclic) bond motifs is 6. The fourth-order valence-electron chi connectivity index (χ4n) is 7.07. The van der Waals surface area contributed by atoms with Crippen molar-refractivity contribution >= 4 is 50.3 Å². The Labute approximate surface area is 297 Å². The molecule has 0 amide bonds. The molecule has 0 N–H and O–H groups in total. The third-order valence-corrected chi connectivity index (χ3v) is 9.43. The van der Waals surface area contributed by atoms with Gasteiger partial charge in [-0.15, -0.1) is 0 Å². The van der Waals surface area contributed by atoms with Crippen molar-refractivity contribution in [2.75, 3.05) is 0 Å². The van der Waals surface area contributed by atoms with Crippen molar-refractivity contribution in [2.24, 2.45) is 4.99 Å². The van der Waals surface area contributed by atoms with Crippen LogP contribution in [-0.2, 0) is 12.8 Å². The summed E-state index contributed by atoms with van der Waals surface area (Å²) in [5.41, 5.74) is 12.3. The standard InChI is InChI=1S/C42H30N4.C4H7N/c1-3-7-39-35(5-1)37-27-43-23-21-41(37)45(39)33-17-13-31(14-18-33)25-29-9-11-30(12-10-29)26-32-15-19-34(20-16-32)46-40-8-4-2-6-36(40)38-28-44-24-22-42(38)46;1-3-4-5-2/h1-24,27-28H,25-26H2;3-4H,2H2,1H3/b;4-3-. The van der Waals surface area contributed by atoms with Gasteiger partial charge in [0, 0.05) is 63.9 Å². The molecule has 0 aliphatic rings. The molecule has 0 spiro atoms. The summed E-state index contributed by atoms with van der Waals surface area (Å²) in [5.74, 6) is 0. The lowest BCUT2D eigenvalue weighted by molar-refractivity contribution is 1.13. The number of nitrogens with zero attached hydrogens (tertiary/aromatic N) is 5. The van der Waals surface area contributed by atoms with Gasteiger partial charge in [0.25, 0.3) is 0 Å². The number of allylic oxidation sites excluding steroid dienone is 1. The van der Waals surface area contributed by atoms with Crippen LogP contribution >= 0.6 is 0 Å². The Hall–Kier alpha value is -6.59. The molecule has 4 heterocycles. The van der Waals surface area contributed by atoms with E-state index in [1.165, 1.54) is 65.9 Å². The monoisotopic (exact) mass is 659 g/mol. The van der Waals surface area contributed by atoms with Gasteiger partial charge in [0.2, 0.25) is 0 Å². The first-order valence-corrected chi connectivity index (χ1v) is 17.2. The summed E-state index contributed by atoms with van der Waals surface area (Å²) in [6.07, 6.45) is 12.9. The summed E-state index contributed by atoms with van der Waals surface area (Å²) in [6, 6.07) is 48.3. The highest BCUT2D eigenvalue weighted by molar-refractivity contribution is 6.09. The molecular formula is C46H37N5. The van der Waals surface area contributed by atoms with Gasteiger partial charge in [-0.1, -0.05) is 91.0 Å². The summed E-state index contributed by atoms with van der Waals surface area (Å²) in [6.45, 7) is 5.11. The number of pyridine rings is 2. The van der Waals surface area contributed by atoms with Gasteiger partial charge in [-0.3, -0.25) is 15.0 Å². The molecule has 0 aliphatic heterocycles. The van der Waals surface area contributed by atoms with Gasteiger partial charge in [-0.05, 0) is 97.3 Å². The van der Waals surface area contributed by atoms with Gasteiger partial charge < -0.3 is 9.13 Å². The molecule has 5 heteroatoms. The zero-order valence-corrected chi connectivity index (χ0v) is 28.5. The Morgan fingerprint density at radius 3 is 1.24 bits per heavy atom. The molecule has 9 rings (SSSR count). The number of aliphatic imine (C=N–C) groups is 1. The van der Waals surface area contributed by atoms with Crippen LogP contribution in [0.15, 0.2) is 176 Å². The maximum atomic E-state index is 4.38. The van der Waals surface area contributed by atoms with Crippen molar-refractivity contribution in [1.29, 1.82) is 0 Å². The Kier molecular flexibility index (Phi) is 8.76. The molecule has 0 aliphatic carbocycles. The molecule has 51 heavy (non-hydrogen) atoms. The van der Waals surface area contributed by atoms with Crippen LogP contribution in [0.1, 0.15) is 29.2 Å². The first-order valence-electron chi connectivity index (χ1n) is 17.2. The highest BCUT2D eigenvalue weighted by Crippen LogP contribution is 2.33. The van der Waals surface area contributed by atoms with E-state index in [0.29, 0.717) is 0 Å². The number of aromatic nitrogens is 4. The van der Waals surface area contributed by atoms with E-state index in [0.717, 1.165) is 24.2 Å². The normalized spacial score (nSPS) is 11.4. The molecular weight excluding hydrogens is 623 g/mol. The van der Waals surface area contributed by atoms with Gasteiger partial charge in [0.15, 0.2) is 0 Å². The minimum atomic E-state index is 0.903. The van der Waals surface area contributed by atoms with Crippen LogP contribution in [0, 0.1) is 0 Å². The van der Waals surface area contributed by atoms with Crippen molar-refractivity contribution < 1.29 is 0 Å². The minimum Gasteiger partial charge on any atom is -0.309 e. The Morgan fingerprint density at radius 2 is 0.863 bits per heavy atom. The third-order valence-electron chi connectivity index (χ3n) is 9.43. The quantitative estimate of drug-likeness (QED) is 0.160. The van der Waals surface area contributed by atoms with Gasteiger partial charge in [-0.2, -0.15) is 0 Å². The lowest BCUT2D eigenvalue weighted by Gasteiger charge is -2.10. The van der Waals surface area contributed by atoms with Crippen molar-refractivity contribution in [2.45, 2.75) is 19.8 Å². The van der Waals surface area contributed by atoms with E-state index in [1.807, 2.05) is 37.8 Å². The molecule has 9 aromatic rings. The summed E-state index contributed by atoms with van der Waals surface area (Å²) in [7, 11) is 0. The highest BCUT2D eigenvalue weighted by atomic mass is 15.0. The van der Waals surface area contributed by atoms with E-state index >= 15 is 0 Å². The van der Waals surface area contributed by atoms with Crippen molar-refractivity contribution in [3.63, 3.8) is 0 Å². The molecule has 0 fully saturated rings. The predicted molar refractivity (Wildman–Crippen MR) is 214 cm³/mol. The molecule has 4 aromatic heterocycles. The maximum Gasteiger partial charge on any atom is 0.0571 e. The summed E-state index contributed by atoms with van der Waals surface area (Å²) < 4.78 is 4.66. The Balaban J connectivity index is 0.000000702. The Bertz CT molecular complexity index is 2360. The van der Waals surface area contributed by atoms with Crippen molar-refractivity contribution in [3.8, 4) is 11.4 Å². The van der Waals surface area contributed by atoms with Crippen LogP contribution in [0.5, 0.6) is 0 Å². The second-order valence-corrected chi connectivity index (χ2v) is 12.7. The van der Waals surface area contributed by atoms with E-state index < -0.39 is 0 Å². The third kappa shape index (κ3) is 6.22. The molecule has 0 radical (unpaired) electrons. The van der Waals surface area contributed by atoms with E-state index in [9.17, 15) is 0 Å². The van der Waals surface area contributed by atoms with Gasteiger partial charge in [0.1, 0.15) is 0 Å². The first kappa shape index (κ1) is 31.7. The molecule has 0 atom stereocenters. The molecule has 5 nitrogen and oxygen atoms in total. The molecule has 0 bridgehead atoms. The average molecular weight is 660 g/mol. The molecule has 0 saturated carbocycles. The zero-order valence-electron chi connectivity index (χ0n) is 28.5. The maximum absolute atomic E-state index is 4.38. The van der Waals surface area contributed by atoms with Gasteiger partial charge in [0.05, 0.1) is 22.1 Å². The number of para-hydroxylation sites is 2.